The minimum absolute atomic E-state index is 0.0158. The van der Waals surface area contributed by atoms with Gasteiger partial charge in [0, 0.05) is 89.2 Å². The molecule has 222 valence electrons. The van der Waals surface area contributed by atoms with E-state index in [2.05, 4.69) is 20.0 Å². The van der Waals surface area contributed by atoms with Crippen molar-refractivity contribution >= 4 is 0 Å². The summed E-state index contributed by atoms with van der Waals surface area (Å²) in [7, 11) is 0. The van der Waals surface area contributed by atoms with Crippen LogP contribution in [0.15, 0.2) is 54.6 Å². The maximum atomic E-state index is 14.0. The second-order valence-electron chi connectivity index (χ2n) is 11.0. The number of nitrogens with zero attached hydrogens (tertiary/aromatic N) is 3. The highest BCUT2D eigenvalue weighted by atomic mass is 19.2. The molecule has 0 bridgehead atoms. The van der Waals surface area contributed by atoms with Crippen molar-refractivity contribution in [2.24, 2.45) is 0 Å². The lowest BCUT2D eigenvalue weighted by Gasteiger charge is -2.35. The van der Waals surface area contributed by atoms with Crippen LogP contribution in [0.25, 0.3) is 0 Å². The number of hydrogen-bond donors (Lipinski definition) is 1. The standard InChI is InChI=1S/C31H36F6N4/c1-21-16-40(19-24-9-28(34)14-29(35)10-24)5-3-39(18-23-7-26(32)13-27(33)8-23)4-6-41(17-22(2)38-21)20-25-11-30(36)15-31(37)12-25/h7-15,21-22,38H,3-6,16-20H2,1-2H3/t21-,22+. The molecule has 0 unspecified atom stereocenters. The Hall–Kier alpha value is -2.92. The van der Waals surface area contributed by atoms with Crippen LogP contribution in [0.3, 0.4) is 0 Å². The Morgan fingerprint density at radius 1 is 0.488 bits per heavy atom. The maximum Gasteiger partial charge on any atom is 0.126 e. The predicted molar refractivity (Wildman–Crippen MR) is 147 cm³/mol. The normalized spacial score (nSPS) is 20.5. The Balaban J connectivity index is 1.56. The van der Waals surface area contributed by atoms with Gasteiger partial charge in [-0.2, -0.15) is 0 Å². The predicted octanol–water partition coefficient (Wildman–Crippen LogP) is 5.71. The van der Waals surface area contributed by atoms with Gasteiger partial charge >= 0.3 is 0 Å². The minimum atomic E-state index is -0.660. The first kappa shape index (κ1) is 31.0. The molecule has 3 aromatic carbocycles. The summed E-state index contributed by atoms with van der Waals surface area (Å²) < 4.78 is 83.5. The number of nitrogens with one attached hydrogen (secondary N) is 1. The molecule has 0 saturated carbocycles. The summed E-state index contributed by atoms with van der Waals surface area (Å²) in [5.74, 6) is -3.87. The summed E-state index contributed by atoms with van der Waals surface area (Å²) in [6, 6.07) is 10.4. The Morgan fingerprint density at radius 2 is 0.756 bits per heavy atom. The molecule has 0 aliphatic carbocycles. The molecule has 41 heavy (non-hydrogen) atoms. The molecule has 10 heteroatoms. The van der Waals surface area contributed by atoms with Crippen LogP contribution in [0.5, 0.6) is 0 Å². The second-order valence-corrected chi connectivity index (χ2v) is 11.0. The van der Waals surface area contributed by atoms with Gasteiger partial charge in [0.15, 0.2) is 0 Å². The molecule has 4 rings (SSSR count). The third-order valence-corrected chi connectivity index (χ3v) is 7.08. The van der Waals surface area contributed by atoms with Gasteiger partial charge in [-0.05, 0) is 66.9 Å². The zero-order chi connectivity index (χ0) is 29.5. The van der Waals surface area contributed by atoms with E-state index in [1.165, 1.54) is 36.4 Å². The van der Waals surface area contributed by atoms with Crippen LogP contribution in [-0.4, -0.2) is 66.1 Å². The van der Waals surface area contributed by atoms with Gasteiger partial charge in [-0.15, -0.1) is 0 Å². The summed E-state index contributed by atoms with van der Waals surface area (Å²) in [4.78, 5) is 6.27. The monoisotopic (exact) mass is 578 g/mol. The zero-order valence-corrected chi connectivity index (χ0v) is 23.3. The molecular weight excluding hydrogens is 542 g/mol. The number of benzene rings is 3. The maximum absolute atomic E-state index is 14.0. The average molecular weight is 579 g/mol. The van der Waals surface area contributed by atoms with Crippen LogP contribution in [0.1, 0.15) is 30.5 Å². The van der Waals surface area contributed by atoms with Gasteiger partial charge in [0.25, 0.3) is 0 Å². The van der Waals surface area contributed by atoms with Crippen molar-refractivity contribution in [1.29, 1.82) is 0 Å². The summed E-state index contributed by atoms with van der Waals surface area (Å²) in [6.45, 7) is 8.26. The number of halogens is 6. The summed E-state index contributed by atoms with van der Waals surface area (Å²) in [5.41, 5.74) is 1.51. The van der Waals surface area contributed by atoms with E-state index in [0.29, 0.717) is 69.0 Å². The molecule has 3 aromatic rings. The average Bonchev–Trinajstić information content (AvgIpc) is 2.82. The molecule has 0 amide bonds. The van der Waals surface area contributed by atoms with E-state index in [1.807, 2.05) is 13.8 Å². The Kier molecular flexibility index (Phi) is 10.8. The zero-order valence-electron chi connectivity index (χ0n) is 23.3. The highest BCUT2D eigenvalue weighted by molar-refractivity contribution is 5.20. The van der Waals surface area contributed by atoms with Crippen molar-refractivity contribution in [2.45, 2.75) is 45.6 Å². The first-order valence-electron chi connectivity index (χ1n) is 13.8. The van der Waals surface area contributed by atoms with Crippen LogP contribution in [0.2, 0.25) is 0 Å². The van der Waals surface area contributed by atoms with Crippen molar-refractivity contribution in [3.05, 3.63) is 106 Å². The van der Waals surface area contributed by atoms with Crippen molar-refractivity contribution in [2.75, 3.05) is 39.3 Å². The Labute approximate surface area is 237 Å². The molecule has 1 N–H and O–H groups in total. The van der Waals surface area contributed by atoms with Crippen molar-refractivity contribution in [3.63, 3.8) is 0 Å². The van der Waals surface area contributed by atoms with Gasteiger partial charge in [0.05, 0.1) is 0 Å². The van der Waals surface area contributed by atoms with Gasteiger partial charge < -0.3 is 5.32 Å². The molecule has 2 atom stereocenters. The van der Waals surface area contributed by atoms with E-state index in [9.17, 15) is 26.3 Å². The van der Waals surface area contributed by atoms with Crippen LogP contribution >= 0.6 is 0 Å². The van der Waals surface area contributed by atoms with Crippen LogP contribution < -0.4 is 5.32 Å². The second kappa shape index (κ2) is 14.3. The van der Waals surface area contributed by atoms with E-state index < -0.39 is 34.9 Å². The summed E-state index contributed by atoms with van der Waals surface area (Å²) >= 11 is 0. The topological polar surface area (TPSA) is 21.8 Å². The van der Waals surface area contributed by atoms with E-state index in [4.69, 9.17) is 0 Å². The fraction of sp³-hybridized carbons (Fsp3) is 0.419. The van der Waals surface area contributed by atoms with Crippen LogP contribution in [-0.2, 0) is 19.6 Å². The fourth-order valence-corrected chi connectivity index (χ4v) is 5.55. The fourth-order valence-electron chi connectivity index (χ4n) is 5.55. The van der Waals surface area contributed by atoms with Crippen molar-refractivity contribution < 1.29 is 26.3 Å². The number of rotatable bonds is 6. The third-order valence-electron chi connectivity index (χ3n) is 7.08. The van der Waals surface area contributed by atoms with Gasteiger partial charge in [-0.3, -0.25) is 14.7 Å². The van der Waals surface area contributed by atoms with Crippen molar-refractivity contribution in [1.82, 2.24) is 20.0 Å². The van der Waals surface area contributed by atoms with Gasteiger partial charge in [0.2, 0.25) is 0 Å². The molecule has 0 aromatic heterocycles. The molecule has 0 radical (unpaired) electrons. The quantitative estimate of drug-likeness (QED) is 0.379. The molecular formula is C31H36F6N4. The SMILES string of the molecule is C[C@@H]1CN(Cc2cc(F)cc(F)c2)CCN(Cc2cc(F)cc(F)c2)CCN(Cc2cc(F)cc(F)c2)C[C@H](C)N1. The first-order valence-corrected chi connectivity index (χ1v) is 13.8. The molecule has 1 saturated heterocycles. The molecule has 1 aliphatic heterocycles. The smallest absolute Gasteiger partial charge is 0.126 e. The molecule has 1 heterocycles. The van der Waals surface area contributed by atoms with Gasteiger partial charge in [-0.25, -0.2) is 26.3 Å². The van der Waals surface area contributed by atoms with E-state index in [0.717, 1.165) is 18.2 Å². The molecule has 0 spiro atoms. The van der Waals surface area contributed by atoms with Crippen LogP contribution in [0, 0.1) is 34.9 Å². The van der Waals surface area contributed by atoms with Gasteiger partial charge in [-0.1, -0.05) is 0 Å². The first-order chi connectivity index (χ1) is 19.5. The lowest BCUT2D eigenvalue weighted by Crippen LogP contribution is -2.50. The van der Waals surface area contributed by atoms with Crippen molar-refractivity contribution in [3.8, 4) is 0 Å². The van der Waals surface area contributed by atoms with E-state index in [-0.39, 0.29) is 18.6 Å². The summed E-state index contributed by atoms with van der Waals surface area (Å²) in [5, 5.41) is 3.56. The lowest BCUT2D eigenvalue weighted by atomic mass is 10.1. The molecule has 1 fully saturated rings. The molecule has 4 nitrogen and oxygen atoms in total. The highest BCUT2D eigenvalue weighted by Crippen LogP contribution is 2.16. The lowest BCUT2D eigenvalue weighted by molar-refractivity contribution is 0.139. The van der Waals surface area contributed by atoms with E-state index >= 15 is 0 Å². The minimum Gasteiger partial charge on any atom is -0.309 e. The van der Waals surface area contributed by atoms with Gasteiger partial charge in [0.1, 0.15) is 34.9 Å². The molecule has 1 aliphatic rings. The third kappa shape index (κ3) is 10.1. The Bertz CT molecular complexity index is 1170. The highest BCUT2D eigenvalue weighted by Gasteiger charge is 2.21. The Morgan fingerprint density at radius 3 is 1.07 bits per heavy atom. The largest absolute Gasteiger partial charge is 0.309 e. The van der Waals surface area contributed by atoms with Crippen LogP contribution in [0.4, 0.5) is 26.3 Å². The van der Waals surface area contributed by atoms with E-state index in [1.54, 1.807) is 0 Å². The summed E-state index contributed by atoms with van der Waals surface area (Å²) in [6.07, 6.45) is 0. The number of hydrogen-bond acceptors (Lipinski definition) is 4.